The zero-order valence-corrected chi connectivity index (χ0v) is 11.5. The number of rotatable bonds is 4. The highest BCUT2D eigenvalue weighted by molar-refractivity contribution is 9.10. The molecular weight excluding hydrogens is 296 g/mol. The maximum absolute atomic E-state index is 12.3. The van der Waals surface area contributed by atoms with Crippen LogP contribution in [0.15, 0.2) is 9.63 Å². The van der Waals surface area contributed by atoms with Gasteiger partial charge in [0.1, 0.15) is 0 Å². The van der Waals surface area contributed by atoms with Crippen LogP contribution in [0.1, 0.15) is 19.8 Å². The summed E-state index contributed by atoms with van der Waals surface area (Å²) in [6.07, 6.45) is 1.88. The summed E-state index contributed by atoms with van der Waals surface area (Å²) in [4.78, 5) is 0. The summed E-state index contributed by atoms with van der Waals surface area (Å²) in [5.41, 5.74) is 0. The first-order chi connectivity index (χ1) is 7.48. The topological polar surface area (TPSA) is 68.1 Å². The Balaban J connectivity index is 2.45. The number of hydrogen-bond acceptors (Lipinski definition) is 4. The number of nitrogens with zero attached hydrogens (tertiary/aromatic N) is 4. The van der Waals surface area contributed by atoms with Crippen LogP contribution >= 0.6 is 15.9 Å². The number of hydrogen-bond donors (Lipinski definition) is 0. The minimum absolute atomic E-state index is 0.126. The fourth-order valence-corrected chi connectivity index (χ4v) is 4.43. The van der Waals surface area contributed by atoms with E-state index >= 15 is 0 Å². The molecule has 0 amide bonds. The van der Waals surface area contributed by atoms with Gasteiger partial charge in [-0.05, 0) is 28.8 Å². The molecule has 16 heavy (non-hydrogen) atoms. The molecule has 0 saturated heterocycles. The maximum Gasteiger partial charge on any atom is 0.263 e. The zero-order valence-electron chi connectivity index (χ0n) is 9.09. The van der Waals surface area contributed by atoms with Crippen molar-refractivity contribution in [1.82, 2.24) is 19.3 Å². The zero-order chi connectivity index (χ0) is 11.9. The van der Waals surface area contributed by atoms with Crippen molar-refractivity contribution >= 4 is 26.0 Å². The number of aromatic nitrogens is 3. The van der Waals surface area contributed by atoms with Gasteiger partial charge in [-0.25, -0.2) is 13.1 Å². The van der Waals surface area contributed by atoms with E-state index in [1.807, 2.05) is 6.92 Å². The largest absolute Gasteiger partial charge is 0.263 e. The first kappa shape index (κ1) is 12.0. The van der Waals surface area contributed by atoms with E-state index in [2.05, 4.69) is 26.2 Å². The molecule has 1 aromatic heterocycles. The van der Waals surface area contributed by atoms with E-state index < -0.39 is 10.0 Å². The summed E-state index contributed by atoms with van der Waals surface area (Å²) < 4.78 is 27.8. The lowest BCUT2D eigenvalue weighted by molar-refractivity contribution is 0.414. The molecular formula is C8H13BrN4O2S. The van der Waals surface area contributed by atoms with E-state index in [-0.39, 0.29) is 15.7 Å². The van der Waals surface area contributed by atoms with Gasteiger partial charge < -0.3 is 0 Å². The van der Waals surface area contributed by atoms with E-state index in [1.165, 1.54) is 8.99 Å². The Morgan fingerprint density at radius 2 is 2.19 bits per heavy atom. The number of halogens is 1. The highest BCUT2D eigenvalue weighted by atomic mass is 79.9. The van der Waals surface area contributed by atoms with Crippen molar-refractivity contribution in [2.24, 2.45) is 7.05 Å². The molecule has 2 rings (SSSR count). The Labute approximate surface area is 103 Å². The molecule has 0 radical (unpaired) electrons. The smallest absolute Gasteiger partial charge is 0.235 e. The first-order valence-corrected chi connectivity index (χ1v) is 7.28. The first-order valence-electron chi connectivity index (χ1n) is 5.05. The molecule has 8 heteroatoms. The molecule has 6 nitrogen and oxygen atoms in total. The minimum atomic E-state index is -3.48. The lowest BCUT2D eigenvalue weighted by atomic mass is 10.6. The Hall–Kier alpha value is -0.470. The molecule has 0 N–H and O–H groups in total. The van der Waals surface area contributed by atoms with Gasteiger partial charge in [0, 0.05) is 19.6 Å². The van der Waals surface area contributed by atoms with Crippen LogP contribution in [0.25, 0.3) is 0 Å². The van der Waals surface area contributed by atoms with Crippen LogP contribution in [-0.2, 0) is 17.1 Å². The van der Waals surface area contributed by atoms with Crippen LogP contribution in [0, 0.1) is 0 Å². The van der Waals surface area contributed by atoms with Gasteiger partial charge in [0.25, 0.3) is 10.0 Å². The highest BCUT2D eigenvalue weighted by Gasteiger charge is 2.39. The van der Waals surface area contributed by atoms with E-state index in [1.54, 1.807) is 7.05 Å². The van der Waals surface area contributed by atoms with Crippen molar-refractivity contribution in [2.45, 2.75) is 30.8 Å². The third kappa shape index (κ3) is 1.89. The number of sulfonamides is 1. The normalized spacial score (nSPS) is 17.0. The third-order valence-corrected chi connectivity index (χ3v) is 5.47. The quantitative estimate of drug-likeness (QED) is 0.823. The Morgan fingerprint density at radius 3 is 2.56 bits per heavy atom. The summed E-state index contributed by atoms with van der Waals surface area (Å²) in [7, 11) is -1.91. The molecule has 1 saturated carbocycles. The fraction of sp³-hybridized carbons (Fsp3) is 0.750. The minimum Gasteiger partial charge on any atom is -0.235 e. The van der Waals surface area contributed by atoms with Crippen LogP contribution in [0.2, 0.25) is 0 Å². The molecule has 0 atom stereocenters. The summed E-state index contributed by atoms with van der Waals surface area (Å²) in [6, 6.07) is 0.150. The average Bonchev–Trinajstić information content (AvgIpc) is 2.94. The van der Waals surface area contributed by atoms with E-state index in [4.69, 9.17) is 0 Å². The number of aryl methyl sites for hydroxylation is 1. The van der Waals surface area contributed by atoms with Crippen LogP contribution in [-0.4, -0.2) is 40.3 Å². The SMILES string of the molecule is CCN(C1CC1)S(=O)(=O)c1c(Br)nnn1C. The average molecular weight is 309 g/mol. The monoisotopic (exact) mass is 308 g/mol. The lowest BCUT2D eigenvalue weighted by Gasteiger charge is -2.19. The van der Waals surface area contributed by atoms with Gasteiger partial charge in [-0.3, -0.25) is 0 Å². The Bertz CT molecular complexity index is 475. The van der Waals surface area contributed by atoms with E-state index in [0.717, 1.165) is 12.8 Å². The molecule has 1 aromatic rings. The second kappa shape index (κ2) is 4.08. The van der Waals surface area contributed by atoms with Crippen LogP contribution in [0.5, 0.6) is 0 Å². The van der Waals surface area contributed by atoms with Gasteiger partial charge in [0.15, 0.2) is 4.60 Å². The van der Waals surface area contributed by atoms with Gasteiger partial charge in [-0.15, -0.1) is 5.10 Å². The maximum atomic E-state index is 12.3. The van der Waals surface area contributed by atoms with Crippen molar-refractivity contribution < 1.29 is 8.42 Å². The summed E-state index contributed by atoms with van der Waals surface area (Å²) in [5, 5.41) is 7.52. The van der Waals surface area contributed by atoms with Gasteiger partial charge in [0.05, 0.1) is 0 Å². The molecule has 1 fully saturated rings. The molecule has 1 aliphatic carbocycles. The standard InChI is InChI=1S/C8H13BrN4O2S/c1-3-13(6-4-5-6)16(14,15)8-7(9)10-11-12(8)2/h6H,3-5H2,1-2H3. The predicted octanol–water partition coefficient (Wildman–Crippen LogP) is 0.751. The van der Waals surface area contributed by atoms with Gasteiger partial charge in [-0.2, -0.15) is 4.31 Å². The third-order valence-electron chi connectivity index (χ3n) is 2.56. The van der Waals surface area contributed by atoms with Crippen LogP contribution in [0.3, 0.4) is 0 Å². The van der Waals surface area contributed by atoms with Crippen molar-refractivity contribution in [3.63, 3.8) is 0 Å². The van der Waals surface area contributed by atoms with Gasteiger partial charge in [0.2, 0.25) is 5.03 Å². The second-order valence-electron chi connectivity index (χ2n) is 3.75. The highest BCUT2D eigenvalue weighted by Crippen LogP contribution is 2.33. The molecule has 1 heterocycles. The van der Waals surface area contributed by atoms with E-state index in [0.29, 0.717) is 6.54 Å². The summed E-state index contributed by atoms with van der Waals surface area (Å²) in [6.45, 7) is 2.32. The summed E-state index contributed by atoms with van der Waals surface area (Å²) >= 11 is 3.12. The molecule has 1 aliphatic rings. The van der Waals surface area contributed by atoms with Gasteiger partial charge >= 0.3 is 0 Å². The second-order valence-corrected chi connectivity index (χ2v) is 6.31. The van der Waals surface area contributed by atoms with Gasteiger partial charge in [-0.1, -0.05) is 12.1 Å². The molecule has 0 aliphatic heterocycles. The lowest BCUT2D eigenvalue weighted by Crippen LogP contribution is -2.34. The van der Waals surface area contributed by atoms with Crippen LogP contribution in [0.4, 0.5) is 0 Å². The van der Waals surface area contributed by atoms with Crippen molar-refractivity contribution in [1.29, 1.82) is 0 Å². The fourth-order valence-electron chi connectivity index (χ4n) is 1.69. The molecule has 0 spiro atoms. The Kier molecular flexibility index (Phi) is 3.06. The van der Waals surface area contributed by atoms with Crippen molar-refractivity contribution in [2.75, 3.05) is 6.54 Å². The van der Waals surface area contributed by atoms with Crippen LogP contribution < -0.4 is 0 Å². The predicted molar refractivity (Wildman–Crippen MR) is 61.3 cm³/mol. The Morgan fingerprint density at radius 1 is 1.56 bits per heavy atom. The van der Waals surface area contributed by atoms with E-state index in [9.17, 15) is 8.42 Å². The molecule has 0 aromatic carbocycles. The molecule has 0 unspecified atom stereocenters. The van der Waals surface area contributed by atoms with Crippen molar-refractivity contribution in [3.8, 4) is 0 Å². The summed E-state index contributed by atoms with van der Waals surface area (Å²) in [5.74, 6) is 0. The molecule has 90 valence electrons. The molecule has 0 bridgehead atoms. The van der Waals surface area contributed by atoms with Crippen molar-refractivity contribution in [3.05, 3.63) is 4.60 Å².